The third-order valence-corrected chi connectivity index (χ3v) is 4.46. The molecule has 3 rings (SSSR count). The maximum atomic E-state index is 12.3. The summed E-state index contributed by atoms with van der Waals surface area (Å²) in [5.41, 5.74) is 1.21. The minimum absolute atomic E-state index is 0.146. The van der Waals surface area contributed by atoms with Gasteiger partial charge in [0.1, 0.15) is 0 Å². The fraction of sp³-hybridized carbons (Fsp3) is 0.389. The van der Waals surface area contributed by atoms with Crippen molar-refractivity contribution in [1.82, 2.24) is 15.5 Å². The molecular weight excluding hydrogens is 324 g/mol. The molecular formula is C18H21ClN4O. The van der Waals surface area contributed by atoms with E-state index < -0.39 is 0 Å². The van der Waals surface area contributed by atoms with Gasteiger partial charge in [0.05, 0.1) is 0 Å². The lowest BCUT2D eigenvalue weighted by Gasteiger charge is -2.15. The average Bonchev–Trinajstić information content (AvgIpc) is 2.86. The number of halogens is 1. The van der Waals surface area contributed by atoms with E-state index in [2.05, 4.69) is 20.8 Å². The highest BCUT2D eigenvalue weighted by Crippen LogP contribution is 2.18. The molecule has 1 saturated carbocycles. The topological polar surface area (TPSA) is 66.9 Å². The van der Waals surface area contributed by atoms with Crippen molar-refractivity contribution in [3.8, 4) is 0 Å². The summed E-state index contributed by atoms with van der Waals surface area (Å²) in [6, 6.07) is 11.0. The number of aromatic nitrogens is 2. The molecule has 1 heterocycles. The van der Waals surface area contributed by atoms with Gasteiger partial charge in [0.2, 0.25) is 0 Å². The number of carbonyl (C=O) groups is 1. The molecule has 0 aliphatic heterocycles. The third kappa shape index (κ3) is 4.68. The van der Waals surface area contributed by atoms with Crippen LogP contribution < -0.4 is 10.6 Å². The molecule has 1 aliphatic rings. The van der Waals surface area contributed by atoms with Crippen molar-refractivity contribution in [2.24, 2.45) is 0 Å². The zero-order valence-corrected chi connectivity index (χ0v) is 14.2. The van der Waals surface area contributed by atoms with Crippen LogP contribution in [-0.2, 0) is 0 Å². The Balaban J connectivity index is 1.58. The van der Waals surface area contributed by atoms with Crippen LogP contribution in [0.1, 0.15) is 49.0 Å². The molecule has 6 heteroatoms. The molecule has 0 atom stereocenters. The number of hydrogen-bond acceptors (Lipinski definition) is 4. The van der Waals surface area contributed by atoms with E-state index in [0.29, 0.717) is 16.5 Å². The molecule has 1 fully saturated rings. The van der Waals surface area contributed by atoms with E-state index in [1.54, 1.807) is 24.3 Å². The number of hydrogen-bond donors (Lipinski definition) is 2. The van der Waals surface area contributed by atoms with Gasteiger partial charge in [0.25, 0.3) is 5.91 Å². The summed E-state index contributed by atoms with van der Waals surface area (Å²) in [5, 5.41) is 15.0. The van der Waals surface area contributed by atoms with Crippen molar-refractivity contribution in [3.63, 3.8) is 0 Å². The molecule has 126 valence electrons. The minimum Gasteiger partial charge on any atom is -0.348 e. The monoisotopic (exact) mass is 344 g/mol. The first-order chi connectivity index (χ1) is 11.7. The number of anilines is 2. The highest BCUT2D eigenvalue weighted by atomic mass is 35.5. The Morgan fingerprint density at radius 3 is 2.29 bits per heavy atom. The van der Waals surface area contributed by atoms with Crippen LogP contribution in [0.15, 0.2) is 36.4 Å². The van der Waals surface area contributed by atoms with Gasteiger partial charge in [-0.05, 0) is 49.2 Å². The SMILES string of the molecule is O=C(NC1CCCCCC1)c1ccc(Nc2ccc(Cl)cc2)nn1. The zero-order valence-electron chi connectivity index (χ0n) is 13.5. The molecule has 1 aromatic carbocycles. The van der Waals surface area contributed by atoms with Crippen molar-refractivity contribution < 1.29 is 4.79 Å². The number of carbonyl (C=O) groups excluding carboxylic acids is 1. The van der Waals surface area contributed by atoms with Crippen molar-refractivity contribution in [2.75, 3.05) is 5.32 Å². The van der Waals surface area contributed by atoms with Crippen LogP contribution in [0.5, 0.6) is 0 Å². The Bertz CT molecular complexity index is 664. The van der Waals surface area contributed by atoms with Crippen molar-refractivity contribution in [2.45, 2.75) is 44.6 Å². The number of amides is 1. The first-order valence-electron chi connectivity index (χ1n) is 8.38. The summed E-state index contributed by atoms with van der Waals surface area (Å²) in [5.74, 6) is 0.441. The van der Waals surface area contributed by atoms with E-state index in [1.807, 2.05) is 12.1 Å². The summed E-state index contributed by atoms with van der Waals surface area (Å²) >= 11 is 5.86. The second-order valence-electron chi connectivity index (χ2n) is 6.10. The van der Waals surface area contributed by atoms with Crippen LogP contribution in [-0.4, -0.2) is 22.1 Å². The molecule has 5 nitrogen and oxygen atoms in total. The largest absolute Gasteiger partial charge is 0.348 e. The van der Waals surface area contributed by atoms with E-state index in [1.165, 1.54) is 25.7 Å². The number of nitrogens with one attached hydrogen (secondary N) is 2. The maximum Gasteiger partial charge on any atom is 0.272 e. The Kier molecular flexibility index (Phi) is 5.64. The normalized spacial score (nSPS) is 15.5. The quantitative estimate of drug-likeness (QED) is 0.810. The van der Waals surface area contributed by atoms with Crippen LogP contribution in [0.4, 0.5) is 11.5 Å². The molecule has 0 saturated heterocycles. The van der Waals surface area contributed by atoms with Gasteiger partial charge in [0.15, 0.2) is 11.5 Å². The van der Waals surface area contributed by atoms with Crippen molar-refractivity contribution >= 4 is 29.0 Å². The maximum absolute atomic E-state index is 12.3. The second-order valence-corrected chi connectivity index (χ2v) is 6.53. The van der Waals surface area contributed by atoms with E-state index in [9.17, 15) is 4.79 Å². The molecule has 2 aromatic rings. The Labute approximate surface area is 146 Å². The second kappa shape index (κ2) is 8.11. The third-order valence-electron chi connectivity index (χ3n) is 4.20. The lowest BCUT2D eigenvalue weighted by molar-refractivity contribution is 0.0927. The van der Waals surface area contributed by atoms with Gasteiger partial charge in [-0.15, -0.1) is 10.2 Å². The van der Waals surface area contributed by atoms with Gasteiger partial charge in [-0.1, -0.05) is 37.3 Å². The smallest absolute Gasteiger partial charge is 0.272 e. The van der Waals surface area contributed by atoms with Crippen LogP contribution >= 0.6 is 11.6 Å². The molecule has 0 radical (unpaired) electrons. The zero-order chi connectivity index (χ0) is 16.8. The summed E-state index contributed by atoms with van der Waals surface area (Å²) in [7, 11) is 0. The van der Waals surface area contributed by atoms with Crippen LogP contribution in [0, 0.1) is 0 Å². The summed E-state index contributed by atoms with van der Waals surface area (Å²) in [4.78, 5) is 12.3. The van der Waals surface area contributed by atoms with Crippen LogP contribution in [0.25, 0.3) is 0 Å². The van der Waals surface area contributed by atoms with Gasteiger partial charge < -0.3 is 10.6 Å². The number of benzene rings is 1. The van der Waals surface area contributed by atoms with Crippen LogP contribution in [0.2, 0.25) is 5.02 Å². The molecule has 0 unspecified atom stereocenters. The summed E-state index contributed by atoms with van der Waals surface area (Å²) in [6.07, 6.45) is 6.99. The van der Waals surface area contributed by atoms with Gasteiger partial charge in [-0.25, -0.2) is 0 Å². The predicted octanol–water partition coefficient (Wildman–Crippen LogP) is 4.33. The number of nitrogens with zero attached hydrogens (tertiary/aromatic N) is 2. The average molecular weight is 345 g/mol. The Hall–Kier alpha value is -2.14. The lowest BCUT2D eigenvalue weighted by Crippen LogP contribution is -2.35. The molecule has 1 aromatic heterocycles. The molecule has 0 bridgehead atoms. The van der Waals surface area contributed by atoms with Crippen LogP contribution in [0.3, 0.4) is 0 Å². The first kappa shape index (κ1) is 16.7. The van der Waals surface area contributed by atoms with Gasteiger partial charge >= 0.3 is 0 Å². The summed E-state index contributed by atoms with van der Waals surface area (Å²) < 4.78 is 0. The Morgan fingerprint density at radius 1 is 0.958 bits per heavy atom. The van der Waals surface area contributed by atoms with Gasteiger partial charge in [-0.2, -0.15) is 0 Å². The van der Waals surface area contributed by atoms with Gasteiger partial charge in [-0.3, -0.25) is 4.79 Å². The Morgan fingerprint density at radius 2 is 1.67 bits per heavy atom. The molecule has 1 aliphatic carbocycles. The van der Waals surface area contributed by atoms with Crippen molar-refractivity contribution in [1.29, 1.82) is 0 Å². The highest BCUT2D eigenvalue weighted by Gasteiger charge is 2.16. The van der Waals surface area contributed by atoms with Crippen molar-refractivity contribution in [3.05, 3.63) is 47.1 Å². The van der Waals surface area contributed by atoms with Gasteiger partial charge in [0, 0.05) is 16.8 Å². The van der Waals surface area contributed by atoms with E-state index in [-0.39, 0.29) is 11.9 Å². The standard InChI is InChI=1S/C18H21ClN4O/c19-13-7-9-15(10-8-13)20-17-12-11-16(22-23-17)18(24)21-14-5-3-1-2-4-6-14/h7-12,14H,1-6H2,(H,20,23)(H,21,24). The lowest BCUT2D eigenvalue weighted by atomic mass is 10.1. The minimum atomic E-state index is -0.146. The van der Waals surface area contributed by atoms with E-state index >= 15 is 0 Å². The number of rotatable bonds is 4. The highest BCUT2D eigenvalue weighted by molar-refractivity contribution is 6.30. The van der Waals surface area contributed by atoms with E-state index in [0.717, 1.165) is 18.5 Å². The molecule has 2 N–H and O–H groups in total. The first-order valence-corrected chi connectivity index (χ1v) is 8.76. The molecule has 1 amide bonds. The fourth-order valence-electron chi connectivity index (χ4n) is 2.88. The molecule has 0 spiro atoms. The molecule has 24 heavy (non-hydrogen) atoms. The fourth-order valence-corrected chi connectivity index (χ4v) is 3.01. The van der Waals surface area contributed by atoms with E-state index in [4.69, 9.17) is 11.6 Å². The predicted molar refractivity (Wildman–Crippen MR) is 95.7 cm³/mol. The summed E-state index contributed by atoms with van der Waals surface area (Å²) in [6.45, 7) is 0.